The van der Waals surface area contributed by atoms with Crippen LogP contribution >= 0.6 is 11.6 Å². The average Bonchev–Trinajstić information content (AvgIpc) is 2.72. The number of aromatic nitrogens is 4. The zero-order valence-electron chi connectivity index (χ0n) is 9.97. The number of imidazole rings is 1. The largest absolute Gasteiger partial charge is 0.463 e. The molecule has 0 aliphatic heterocycles. The Bertz CT molecular complexity index is 604. The molecule has 2 rings (SSSR count). The fourth-order valence-corrected chi connectivity index (χ4v) is 1.59. The smallest absolute Gasteiger partial charge is 0.312 e. The van der Waals surface area contributed by atoms with Gasteiger partial charge in [-0.3, -0.25) is 9.36 Å². The van der Waals surface area contributed by atoms with E-state index in [4.69, 9.17) is 21.1 Å². The number of ether oxygens (including phenoxy) is 2. The van der Waals surface area contributed by atoms with E-state index in [1.165, 1.54) is 17.8 Å². The van der Waals surface area contributed by atoms with Crippen LogP contribution in [0.3, 0.4) is 0 Å². The van der Waals surface area contributed by atoms with Crippen molar-refractivity contribution in [3.05, 3.63) is 17.6 Å². The number of halogens is 2. The zero-order chi connectivity index (χ0) is 13.8. The van der Waals surface area contributed by atoms with E-state index < -0.39 is 6.08 Å². The first-order valence-electron chi connectivity index (χ1n) is 5.33. The molecule has 19 heavy (non-hydrogen) atoms. The molecule has 9 heteroatoms. The molecule has 0 bridgehead atoms. The summed E-state index contributed by atoms with van der Waals surface area (Å²) in [4.78, 5) is 21.4. The molecular weight excluding hydrogens is 279 g/mol. The molecule has 0 aliphatic carbocycles. The number of nitrogens with zero attached hydrogens (tertiary/aromatic N) is 4. The summed E-state index contributed by atoms with van der Waals surface area (Å²) < 4.78 is 24.4. The minimum Gasteiger partial charge on any atom is -0.463 e. The number of hydrogen-bond acceptors (Lipinski definition) is 6. The van der Waals surface area contributed by atoms with Gasteiger partial charge in [0.15, 0.2) is 10.8 Å². The van der Waals surface area contributed by atoms with E-state index in [1.807, 2.05) is 0 Å². The number of carbonyl (C=O) groups excluding carboxylic acids is 1. The molecule has 7 nitrogen and oxygen atoms in total. The van der Waals surface area contributed by atoms with Gasteiger partial charge in [0.2, 0.25) is 0 Å². The Morgan fingerprint density at radius 2 is 2.26 bits per heavy atom. The van der Waals surface area contributed by atoms with Crippen LogP contribution in [0.4, 0.5) is 4.39 Å². The molecule has 0 radical (unpaired) electrons. The maximum absolute atomic E-state index is 13.0. The summed E-state index contributed by atoms with van der Waals surface area (Å²) in [5.74, 6) is -0.377. The molecular formula is C10H10ClFN4O3. The highest BCUT2D eigenvalue weighted by Gasteiger charge is 2.11. The third kappa shape index (κ3) is 3.36. The molecule has 0 amide bonds. The highest BCUT2D eigenvalue weighted by molar-refractivity contribution is 6.33. The summed E-state index contributed by atoms with van der Waals surface area (Å²) in [5, 5.41) is -0.0545. The zero-order valence-corrected chi connectivity index (χ0v) is 10.7. The van der Waals surface area contributed by atoms with Gasteiger partial charge >= 0.3 is 12.0 Å². The van der Waals surface area contributed by atoms with E-state index in [1.54, 1.807) is 0 Å². The lowest BCUT2D eigenvalue weighted by Gasteiger charge is -2.05. The number of esters is 1. The summed E-state index contributed by atoms with van der Waals surface area (Å²) in [6.45, 7) is 1.75. The highest BCUT2D eigenvalue weighted by Crippen LogP contribution is 2.18. The van der Waals surface area contributed by atoms with Crippen LogP contribution < -0.4 is 0 Å². The second-order valence-electron chi connectivity index (χ2n) is 3.55. The van der Waals surface area contributed by atoms with Gasteiger partial charge in [-0.2, -0.15) is 14.4 Å². The van der Waals surface area contributed by atoms with Crippen LogP contribution in [0.5, 0.6) is 0 Å². The molecule has 0 unspecified atom stereocenters. The molecule has 0 spiro atoms. The van der Waals surface area contributed by atoms with E-state index >= 15 is 0 Å². The van der Waals surface area contributed by atoms with Gasteiger partial charge in [-0.05, 0) is 0 Å². The van der Waals surface area contributed by atoms with Crippen LogP contribution in [0, 0.1) is 6.08 Å². The van der Waals surface area contributed by atoms with Crippen molar-refractivity contribution in [2.45, 2.75) is 13.7 Å². The van der Waals surface area contributed by atoms with Gasteiger partial charge < -0.3 is 9.47 Å². The Hall–Kier alpha value is -1.80. The maximum Gasteiger partial charge on any atom is 0.312 e. The van der Waals surface area contributed by atoms with Crippen molar-refractivity contribution in [3.63, 3.8) is 0 Å². The van der Waals surface area contributed by atoms with Crippen molar-refractivity contribution < 1.29 is 18.7 Å². The predicted molar refractivity (Wildman–Crippen MR) is 62.9 cm³/mol. The molecule has 0 atom stereocenters. The topological polar surface area (TPSA) is 79.1 Å². The fraction of sp³-hybridized carbons (Fsp3) is 0.400. The highest BCUT2D eigenvalue weighted by atomic mass is 35.5. The third-order valence-electron chi connectivity index (χ3n) is 2.16. The van der Waals surface area contributed by atoms with Gasteiger partial charge in [-0.15, -0.1) is 0 Å². The summed E-state index contributed by atoms with van der Waals surface area (Å²) in [6.07, 6.45) is 0.482. The van der Waals surface area contributed by atoms with E-state index in [0.29, 0.717) is 5.52 Å². The van der Waals surface area contributed by atoms with Crippen molar-refractivity contribution in [1.82, 2.24) is 19.5 Å². The van der Waals surface area contributed by atoms with E-state index in [9.17, 15) is 9.18 Å². The van der Waals surface area contributed by atoms with Crippen molar-refractivity contribution in [2.24, 2.45) is 0 Å². The first kappa shape index (κ1) is 13.6. The van der Waals surface area contributed by atoms with Crippen LogP contribution in [0.1, 0.15) is 6.92 Å². The van der Waals surface area contributed by atoms with Gasteiger partial charge in [-0.1, -0.05) is 11.6 Å². The van der Waals surface area contributed by atoms with E-state index in [-0.39, 0.29) is 36.7 Å². The van der Waals surface area contributed by atoms with Crippen molar-refractivity contribution >= 4 is 28.7 Å². The number of carbonyl (C=O) groups is 1. The third-order valence-corrected chi connectivity index (χ3v) is 2.42. The Morgan fingerprint density at radius 3 is 3.00 bits per heavy atom. The van der Waals surface area contributed by atoms with E-state index in [2.05, 4.69) is 15.0 Å². The minimum atomic E-state index is -0.931. The lowest BCUT2D eigenvalue weighted by Crippen LogP contribution is -2.10. The van der Waals surface area contributed by atoms with Crippen molar-refractivity contribution in [3.8, 4) is 0 Å². The lowest BCUT2D eigenvalue weighted by molar-refractivity contribution is -0.142. The molecule has 2 heterocycles. The second kappa shape index (κ2) is 5.89. The molecule has 0 fully saturated rings. The normalized spacial score (nSPS) is 10.9. The molecule has 0 N–H and O–H groups in total. The van der Waals surface area contributed by atoms with Crippen LogP contribution in [0.2, 0.25) is 5.15 Å². The van der Waals surface area contributed by atoms with Crippen molar-refractivity contribution in [1.29, 1.82) is 0 Å². The molecule has 0 saturated heterocycles. The first-order valence-corrected chi connectivity index (χ1v) is 5.70. The fourth-order valence-electron chi connectivity index (χ4n) is 1.39. The lowest BCUT2D eigenvalue weighted by atomic mass is 10.5. The molecule has 0 aromatic carbocycles. The number of rotatable bonds is 5. The Balaban J connectivity index is 1.99. The second-order valence-corrected chi connectivity index (χ2v) is 3.91. The summed E-state index contributed by atoms with van der Waals surface area (Å²) in [6, 6.07) is 0. The molecule has 2 aromatic heterocycles. The number of fused-ring (bicyclic) bond motifs is 1. The van der Waals surface area contributed by atoms with Gasteiger partial charge in [0.1, 0.15) is 18.9 Å². The van der Waals surface area contributed by atoms with Crippen LogP contribution in [0.25, 0.3) is 11.2 Å². The molecule has 2 aromatic rings. The summed E-state index contributed by atoms with van der Waals surface area (Å²) in [5.41, 5.74) is 0.539. The average molecular weight is 289 g/mol. The van der Waals surface area contributed by atoms with Crippen LogP contribution in [-0.2, 0) is 21.0 Å². The Morgan fingerprint density at radius 1 is 1.47 bits per heavy atom. The summed E-state index contributed by atoms with van der Waals surface area (Å²) in [7, 11) is 0. The quantitative estimate of drug-likeness (QED) is 0.355. The minimum absolute atomic E-state index is 0.0545. The summed E-state index contributed by atoms with van der Waals surface area (Å²) >= 11 is 5.73. The van der Waals surface area contributed by atoms with Crippen molar-refractivity contribution in [2.75, 3.05) is 13.2 Å². The van der Waals surface area contributed by atoms with Gasteiger partial charge in [0.25, 0.3) is 0 Å². The van der Waals surface area contributed by atoms with Gasteiger partial charge in [0.05, 0.1) is 12.9 Å². The standard InChI is InChI=1S/C10H10ClFN4O3/c1-6(17)19-3-2-18-5-16-4-13-7-8(11)14-10(12)15-9(7)16/h4H,2-3,5H2,1H3. The predicted octanol–water partition coefficient (Wildman–Crippen LogP) is 1.16. The van der Waals surface area contributed by atoms with Gasteiger partial charge in [-0.25, -0.2) is 4.98 Å². The molecule has 0 aliphatic rings. The Labute approximate surface area is 112 Å². The first-order chi connectivity index (χ1) is 9.08. The maximum atomic E-state index is 13.0. The van der Waals surface area contributed by atoms with E-state index in [0.717, 1.165) is 0 Å². The van der Waals surface area contributed by atoms with Gasteiger partial charge in [0, 0.05) is 6.92 Å². The Kier molecular flexibility index (Phi) is 4.23. The monoisotopic (exact) mass is 288 g/mol. The number of hydrogen-bond donors (Lipinski definition) is 0. The SMILES string of the molecule is CC(=O)OCCOCn1cnc2c(Cl)nc(F)nc21. The van der Waals surface area contributed by atoms with Crippen LogP contribution in [0.15, 0.2) is 6.33 Å². The molecule has 102 valence electrons. The molecule has 0 saturated carbocycles. The van der Waals surface area contributed by atoms with Crippen LogP contribution in [-0.4, -0.2) is 38.7 Å².